The number of rotatable bonds is 6. The zero-order valence-electron chi connectivity index (χ0n) is 16.6. The summed E-state index contributed by atoms with van der Waals surface area (Å²) in [6.07, 6.45) is 0. The number of nitrogens with one attached hydrogen (secondary N) is 1. The first kappa shape index (κ1) is 21.7. The molecular formula is C19H22N4O6S. The van der Waals surface area contributed by atoms with Crippen molar-refractivity contribution in [3.63, 3.8) is 0 Å². The molecule has 0 aliphatic carbocycles. The van der Waals surface area contributed by atoms with Crippen LogP contribution in [0, 0.1) is 10.1 Å². The van der Waals surface area contributed by atoms with E-state index in [1.54, 1.807) is 6.07 Å². The molecule has 0 bridgehead atoms. The minimum Gasteiger partial charge on any atom is -0.378 e. The average molecular weight is 434 g/mol. The smallest absolute Gasteiger partial charge is 0.293 e. The van der Waals surface area contributed by atoms with E-state index in [-0.39, 0.29) is 16.1 Å². The largest absolute Gasteiger partial charge is 0.378 e. The number of carbonyl (C=O) groups excluding carboxylic acids is 1. The van der Waals surface area contributed by atoms with Crippen LogP contribution in [0.5, 0.6) is 0 Å². The van der Waals surface area contributed by atoms with Gasteiger partial charge in [-0.2, -0.15) is 0 Å². The SMILES string of the molecule is CN(C)S(=O)(=O)c1ccc(NC(=O)c2ccc(N3CCOCC3)c([N+](=O)[O-])c2)cc1. The maximum atomic E-state index is 12.6. The molecule has 0 atom stereocenters. The van der Waals surface area contributed by atoms with Crippen LogP contribution in [-0.4, -0.2) is 64.0 Å². The third kappa shape index (κ3) is 4.58. The summed E-state index contributed by atoms with van der Waals surface area (Å²) in [5.74, 6) is -0.533. The number of ether oxygens (including phenoxy) is 1. The molecule has 3 rings (SSSR count). The van der Waals surface area contributed by atoms with Crippen molar-refractivity contribution in [3.05, 3.63) is 58.1 Å². The van der Waals surface area contributed by atoms with Gasteiger partial charge in [0.1, 0.15) is 5.69 Å². The van der Waals surface area contributed by atoms with Gasteiger partial charge in [-0.3, -0.25) is 14.9 Å². The Hall–Kier alpha value is -3.02. The number of hydrogen-bond donors (Lipinski definition) is 1. The molecule has 1 aliphatic rings. The standard InChI is InChI=1S/C19H22N4O6S/c1-21(2)30(27,28)16-6-4-15(5-7-16)20-19(24)14-3-8-17(18(13-14)23(25)26)22-9-11-29-12-10-22/h3-8,13H,9-12H2,1-2H3,(H,20,24). The first-order valence-corrected chi connectivity index (χ1v) is 10.6. The van der Waals surface area contributed by atoms with Gasteiger partial charge >= 0.3 is 0 Å². The van der Waals surface area contributed by atoms with Crippen molar-refractivity contribution >= 4 is 33.0 Å². The fourth-order valence-corrected chi connectivity index (χ4v) is 3.91. The number of sulfonamides is 1. The molecular weight excluding hydrogens is 412 g/mol. The first-order valence-electron chi connectivity index (χ1n) is 9.15. The molecule has 1 aliphatic heterocycles. The third-order valence-electron chi connectivity index (χ3n) is 4.68. The van der Waals surface area contributed by atoms with Crippen molar-refractivity contribution in [2.24, 2.45) is 0 Å². The zero-order valence-corrected chi connectivity index (χ0v) is 17.4. The van der Waals surface area contributed by atoms with E-state index in [9.17, 15) is 23.3 Å². The van der Waals surface area contributed by atoms with Gasteiger partial charge in [0.15, 0.2) is 0 Å². The Kier molecular flexibility index (Phi) is 6.34. The summed E-state index contributed by atoms with van der Waals surface area (Å²) < 4.78 is 30.6. The van der Waals surface area contributed by atoms with Gasteiger partial charge in [-0.1, -0.05) is 0 Å². The molecule has 0 spiro atoms. The number of nitro benzene ring substituents is 1. The van der Waals surface area contributed by atoms with Gasteiger partial charge in [0.05, 0.1) is 23.0 Å². The Morgan fingerprint density at radius 3 is 2.33 bits per heavy atom. The summed E-state index contributed by atoms with van der Waals surface area (Å²) in [7, 11) is -0.715. The molecule has 1 heterocycles. The molecule has 2 aromatic rings. The molecule has 0 unspecified atom stereocenters. The molecule has 0 saturated carbocycles. The maximum Gasteiger partial charge on any atom is 0.293 e. The van der Waals surface area contributed by atoms with Gasteiger partial charge in [-0.05, 0) is 36.4 Å². The predicted octanol–water partition coefficient (Wildman–Crippen LogP) is 1.93. The van der Waals surface area contributed by atoms with E-state index in [1.807, 2.05) is 4.90 Å². The number of benzene rings is 2. The predicted molar refractivity (Wildman–Crippen MR) is 111 cm³/mol. The Bertz CT molecular complexity index is 1050. The van der Waals surface area contributed by atoms with Crippen LogP contribution in [0.15, 0.2) is 47.4 Å². The lowest BCUT2D eigenvalue weighted by atomic mass is 10.1. The minimum atomic E-state index is -3.57. The van der Waals surface area contributed by atoms with Gasteiger partial charge in [0.25, 0.3) is 11.6 Å². The third-order valence-corrected chi connectivity index (χ3v) is 6.51. The van der Waals surface area contributed by atoms with Crippen molar-refractivity contribution in [2.75, 3.05) is 50.6 Å². The summed E-state index contributed by atoms with van der Waals surface area (Å²) in [6.45, 7) is 2.04. The lowest BCUT2D eigenvalue weighted by molar-refractivity contribution is -0.384. The quantitative estimate of drug-likeness (QED) is 0.544. The van der Waals surface area contributed by atoms with Crippen LogP contribution in [0.4, 0.5) is 17.1 Å². The van der Waals surface area contributed by atoms with Crippen molar-refractivity contribution in [1.29, 1.82) is 0 Å². The molecule has 30 heavy (non-hydrogen) atoms. The second-order valence-corrected chi connectivity index (χ2v) is 8.98. The Morgan fingerprint density at radius 2 is 1.77 bits per heavy atom. The van der Waals surface area contributed by atoms with Crippen molar-refractivity contribution in [1.82, 2.24) is 4.31 Å². The van der Waals surface area contributed by atoms with E-state index in [0.717, 1.165) is 4.31 Å². The summed E-state index contributed by atoms with van der Waals surface area (Å²) in [4.78, 5) is 25.5. The molecule has 160 valence electrons. The Morgan fingerprint density at radius 1 is 1.13 bits per heavy atom. The maximum absolute atomic E-state index is 12.6. The lowest BCUT2D eigenvalue weighted by Gasteiger charge is -2.28. The van der Waals surface area contributed by atoms with Crippen LogP contribution in [0.2, 0.25) is 0 Å². The van der Waals surface area contributed by atoms with Crippen LogP contribution < -0.4 is 10.2 Å². The fourth-order valence-electron chi connectivity index (χ4n) is 3.01. The van der Waals surface area contributed by atoms with E-state index < -0.39 is 20.9 Å². The molecule has 1 saturated heterocycles. The Balaban J connectivity index is 1.80. The highest BCUT2D eigenvalue weighted by Crippen LogP contribution is 2.30. The van der Waals surface area contributed by atoms with Gasteiger partial charge in [-0.15, -0.1) is 0 Å². The molecule has 10 nitrogen and oxygen atoms in total. The number of carbonyl (C=O) groups is 1. The van der Waals surface area contributed by atoms with E-state index in [1.165, 1.54) is 50.5 Å². The molecule has 1 amide bonds. The van der Waals surface area contributed by atoms with Crippen molar-refractivity contribution in [2.45, 2.75) is 4.90 Å². The average Bonchev–Trinajstić information content (AvgIpc) is 2.74. The molecule has 0 aromatic heterocycles. The second-order valence-electron chi connectivity index (χ2n) is 6.83. The highest BCUT2D eigenvalue weighted by Gasteiger charge is 2.23. The summed E-state index contributed by atoms with van der Waals surface area (Å²) in [5.41, 5.74) is 0.788. The van der Waals surface area contributed by atoms with E-state index in [0.29, 0.717) is 37.7 Å². The number of nitrogens with zero attached hydrogens (tertiary/aromatic N) is 3. The van der Waals surface area contributed by atoms with Crippen LogP contribution in [0.1, 0.15) is 10.4 Å². The summed E-state index contributed by atoms with van der Waals surface area (Å²) >= 11 is 0. The monoisotopic (exact) mass is 434 g/mol. The van der Waals surface area contributed by atoms with Gasteiger partial charge < -0.3 is 15.0 Å². The second kappa shape index (κ2) is 8.78. The number of anilines is 2. The molecule has 1 fully saturated rings. The van der Waals surface area contributed by atoms with Gasteiger partial charge in [0, 0.05) is 44.5 Å². The normalized spacial score (nSPS) is 14.6. The summed E-state index contributed by atoms with van der Waals surface area (Å²) in [6, 6.07) is 10.0. The highest BCUT2D eigenvalue weighted by molar-refractivity contribution is 7.89. The number of hydrogen-bond acceptors (Lipinski definition) is 7. The van der Waals surface area contributed by atoms with Gasteiger partial charge in [-0.25, -0.2) is 12.7 Å². The number of morpholine rings is 1. The van der Waals surface area contributed by atoms with Crippen molar-refractivity contribution in [3.8, 4) is 0 Å². The first-order chi connectivity index (χ1) is 14.2. The Labute approximate surface area is 174 Å². The van der Waals surface area contributed by atoms with Crippen molar-refractivity contribution < 1.29 is 22.9 Å². The minimum absolute atomic E-state index is 0.0935. The van der Waals surface area contributed by atoms with Crippen LogP contribution in [0.25, 0.3) is 0 Å². The van der Waals surface area contributed by atoms with Gasteiger partial charge in [0.2, 0.25) is 10.0 Å². The number of amides is 1. The van der Waals surface area contributed by atoms with Crippen LogP contribution in [0.3, 0.4) is 0 Å². The molecule has 1 N–H and O–H groups in total. The molecule has 0 radical (unpaired) electrons. The van der Waals surface area contributed by atoms with E-state index in [4.69, 9.17) is 4.74 Å². The zero-order chi connectivity index (χ0) is 21.9. The highest BCUT2D eigenvalue weighted by atomic mass is 32.2. The molecule has 11 heteroatoms. The molecule has 2 aromatic carbocycles. The van der Waals surface area contributed by atoms with E-state index >= 15 is 0 Å². The topological polar surface area (TPSA) is 122 Å². The lowest BCUT2D eigenvalue weighted by Crippen LogP contribution is -2.36. The van der Waals surface area contributed by atoms with Crippen LogP contribution >= 0.6 is 0 Å². The number of nitro groups is 1. The fraction of sp³-hybridized carbons (Fsp3) is 0.316. The van der Waals surface area contributed by atoms with Crippen LogP contribution in [-0.2, 0) is 14.8 Å². The van der Waals surface area contributed by atoms with E-state index in [2.05, 4.69) is 5.32 Å². The summed E-state index contributed by atoms with van der Waals surface area (Å²) in [5, 5.41) is 14.2.